The van der Waals surface area contributed by atoms with E-state index in [0.29, 0.717) is 13.0 Å². The lowest BCUT2D eigenvalue weighted by Crippen LogP contribution is -2.25. The minimum atomic E-state index is 0.126. The van der Waals surface area contributed by atoms with Gasteiger partial charge in [-0.25, -0.2) is 0 Å². The number of amides is 1. The molecule has 2 aromatic rings. The van der Waals surface area contributed by atoms with Crippen molar-refractivity contribution in [2.45, 2.75) is 45.4 Å². The fourth-order valence-electron chi connectivity index (χ4n) is 2.51. The molecule has 1 amide bonds. The Labute approximate surface area is 139 Å². The highest BCUT2D eigenvalue weighted by Crippen LogP contribution is 2.22. The first-order valence-corrected chi connectivity index (χ1v) is 8.35. The standard InChI is InChI=1S/C21H27NO/c1-21(2,3)19-12-9-18(10-13-19)11-14-20(23)22-16-15-17-7-5-4-6-8-17/h4-10,12-13H,11,14-16H2,1-3H3,(H,22,23). The first-order chi connectivity index (χ1) is 10.9. The fourth-order valence-corrected chi connectivity index (χ4v) is 2.51. The maximum absolute atomic E-state index is 11.9. The maximum Gasteiger partial charge on any atom is 0.220 e. The molecule has 0 saturated carbocycles. The predicted molar refractivity (Wildman–Crippen MR) is 96.6 cm³/mol. The van der Waals surface area contributed by atoms with Crippen LogP contribution in [0.4, 0.5) is 0 Å². The van der Waals surface area contributed by atoms with Gasteiger partial charge in [0.05, 0.1) is 0 Å². The van der Waals surface area contributed by atoms with E-state index >= 15 is 0 Å². The predicted octanol–water partition coefficient (Wildman–Crippen LogP) is 4.28. The van der Waals surface area contributed by atoms with E-state index < -0.39 is 0 Å². The summed E-state index contributed by atoms with van der Waals surface area (Å²) >= 11 is 0. The van der Waals surface area contributed by atoms with Gasteiger partial charge in [-0.1, -0.05) is 75.4 Å². The van der Waals surface area contributed by atoms with Crippen molar-refractivity contribution >= 4 is 5.91 Å². The summed E-state index contributed by atoms with van der Waals surface area (Å²) in [4.78, 5) is 11.9. The van der Waals surface area contributed by atoms with Gasteiger partial charge in [0.25, 0.3) is 0 Å². The average Bonchev–Trinajstić information content (AvgIpc) is 2.53. The molecule has 23 heavy (non-hydrogen) atoms. The van der Waals surface area contributed by atoms with Crippen LogP contribution in [0, 0.1) is 0 Å². The summed E-state index contributed by atoms with van der Waals surface area (Å²) in [6.07, 6.45) is 2.22. The molecule has 0 bridgehead atoms. The number of hydrogen-bond acceptors (Lipinski definition) is 1. The van der Waals surface area contributed by atoms with Crippen molar-refractivity contribution in [3.05, 3.63) is 71.3 Å². The Morgan fingerprint density at radius 1 is 0.870 bits per heavy atom. The van der Waals surface area contributed by atoms with Crippen LogP contribution in [0.3, 0.4) is 0 Å². The summed E-state index contributed by atoms with van der Waals surface area (Å²) in [6, 6.07) is 18.8. The summed E-state index contributed by atoms with van der Waals surface area (Å²) < 4.78 is 0. The number of carbonyl (C=O) groups excluding carboxylic acids is 1. The minimum Gasteiger partial charge on any atom is -0.356 e. The normalized spacial score (nSPS) is 11.3. The zero-order valence-corrected chi connectivity index (χ0v) is 14.4. The number of hydrogen-bond donors (Lipinski definition) is 1. The maximum atomic E-state index is 11.9. The molecule has 0 heterocycles. The first kappa shape index (κ1) is 17.3. The largest absolute Gasteiger partial charge is 0.356 e. The van der Waals surface area contributed by atoms with Crippen LogP contribution in [-0.4, -0.2) is 12.5 Å². The van der Waals surface area contributed by atoms with Crippen molar-refractivity contribution in [3.8, 4) is 0 Å². The number of rotatable bonds is 6. The molecule has 0 radical (unpaired) electrons. The Balaban J connectivity index is 1.72. The van der Waals surface area contributed by atoms with E-state index in [1.165, 1.54) is 16.7 Å². The van der Waals surface area contributed by atoms with E-state index in [-0.39, 0.29) is 11.3 Å². The summed E-state index contributed by atoms with van der Waals surface area (Å²) in [5.41, 5.74) is 3.98. The molecule has 122 valence electrons. The molecular formula is C21H27NO. The molecule has 0 aromatic heterocycles. The van der Waals surface area contributed by atoms with Crippen molar-refractivity contribution in [3.63, 3.8) is 0 Å². The summed E-state index contributed by atoms with van der Waals surface area (Å²) in [5.74, 6) is 0.126. The number of benzene rings is 2. The molecular weight excluding hydrogens is 282 g/mol. The van der Waals surface area contributed by atoms with Crippen molar-refractivity contribution in [2.24, 2.45) is 0 Å². The zero-order valence-electron chi connectivity index (χ0n) is 14.4. The molecule has 2 nitrogen and oxygen atoms in total. The second kappa shape index (κ2) is 7.96. The van der Waals surface area contributed by atoms with Gasteiger partial charge in [0.1, 0.15) is 0 Å². The molecule has 0 unspecified atom stereocenters. The van der Waals surface area contributed by atoms with Crippen LogP contribution < -0.4 is 5.32 Å². The minimum absolute atomic E-state index is 0.126. The lowest BCUT2D eigenvalue weighted by molar-refractivity contribution is -0.121. The summed E-state index contributed by atoms with van der Waals surface area (Å²) in [6.45, 7) is 7.33. The van der Waals surface area contributed by atoms with Gasteiger partial charge in [-0.15, -0.1) is 0 Å². The third-order valence-electron chi connectivity index (χ3n) is 4.04. The second-order valence-electron chi connectivity index (χ2n) is 7.03. The third-order valence-corrected chi connectivity index (χ3v) is 4.04. The SMILES string of the molecule is CC(C)(C)c1ccc(CCC(=O)NCCc2ccccc2)cc1. The number of nitrogens with one attached hydrogen (secondary N) is 1. The van der Waals surface area contributed by atoms with Gasteiger partial charge in [-0.05, 0) is 34.9 Å². The van der Waals surface area contributed by atoms with Crippen LogP contribution in [-0.2, 0) is 23.1 Å². The molecule has 1 N–H and O–H groups in total. The lowest BCUT2D eigenvalue weighted by atomic mass is 9.86. The second-order valence-corrected chi connectivity index (χ2v) is 7.03. The summed E-state index contributed by atoms with van der Waals surface area (Å²) in [7, 11) is 0. The van der Waals surface area contributed by atoms with Crippen LogP contribution in [0.25, 0.3) is 0 Å². The molecule has 0 fully saturated rings. The van der Waals surface area contributed by atoms with Gasteiger partial charge in [-0.2, -0.15) is 0 Å². The van der Waals surface area contributed by atoms with Crippen molar-refractivity contribution in [2.75, 3.05) is 6.54 Å². The Morgan fingerprint density at radius 3 is 2.09 bits per heavy atom. The van der Waals surface area contributed by atoms with Gasteiger partial charge in [0.15, 0.2) is 0 Å². The van der Waals surface area contributed by atoms with Gasteiger partial charge >= 0.3 is 0 Å². The molecule has 0 aliphatic carbocycles. The summed E-state index contributed by atoms with van der Waals surface area (Å²) in [5, 5.41) is 3.00. The van der Waals surface area contributed by atoms with E-state index in [1.807, 2.05) is 18.2 Å². The molecule has 0 aliphatic rings. The Morgan fingerprint density at radius 2 is 1.48 bits per heavy atom. The van der Waals surface area contributed by atoms with Gasteiger partial charge in [0, 0.05) is 13.0 Å². The smallest absolute Gasteiger partial charge is 0.220 e. The van der Waals surface area contributed by atoms with Crippen molar-refractivity contribution in [1.29, 1.82) is 0 Å². The molecule has 0 aliphatic heterocycles. The number of carbonyl (C=O) groups is 1. The topological polar surface area (TPSA) is 29.1 Å². The average molecular weight is 309 g/mol. The molecule has 0 saturated heterocycles. The van der Waals surface area contributed by atoms with Crippen LogP contribution >= 0.6 is 0 Å². The highest BCUT2D eigenvalue weighted by Gasteiger charge is 2.12. The Kier molecular flexibility index (Phi) is 5.97. The van der Waals surface area contributed by atoms with Gasteiger partial charge < -0.3 is 5.32 Å². The Hall–Kier alpha value is -2.09. The lowest BCUT2D eigenvalue weighted by Gasteiger charge is -2.19. The van der Waals surface area contributed by atoms with Crippen LogP contribution in [0.5, 0.6) is 0 Å². The van der Waals surface area contributed by atoms with Crippen molar-refractivity contribution in [1.82, 2.24) is 5.32 Å². The van der Waals surface area contributed by atoms with Gasteiger partial charge in [-0.3, -0.25) is 4.79 Å². The molecule has 2 heteroatoms. The first-order valence-electron chi connectivity index (χ1n) is 8.35. The molecule has 2 rings (SSSR count). The van der Waals surface area contributed by atoms with Gasteiger partial charge in [0.2, 0.25) is 5.91 Å². The van der Waals surface area contributed by atoms with Crippen molar-refractivity contribution < 1.29 is 4.79 Å². The quantitative estimate of drug-likeness (QED) is 0.848. The van der Waals surface area contributed by atoms with E-state index in [2.05, 4.69) is 62.5 Å². The van der Waals surface area contributed by atoms with E-state index in [9.17, 15) is 4.79 Å². The monoisotopic (exact) mass is 309 g/mol. The van der Waals surface area contributed by atoms with E-state index in [4.69, 9.17) is 0 Å². The van der Waals surface area contributed by atoms with E-state index in [1.54, 1.807) is 0 Å². The molecule has 0 spiro atoms. The van der Waals surface area contributed by atoms with Crippen LogP contribution in [0.1, 0.15) is 43.9 Å². The fraction of sp³-hybridized carbons (Fsp3) is 0.381. The zero-order chi connectivity index (χ0) is 16.7. The highest BCUT2D eigenvalue weighted by molar-refractivity contribution is 5.76. The number of aryl methyl sites for hydroxylation is 1. The van der Waals surface area contributed by atoms with E-state index in [0.717, 1.165) is 12.8 Å². The molecule has 2 aromatic carbocycles. The van der Waals surface area contributed by atoms with Crippen LogP contribution in [0.15, 0.2) is 54.6 Å². The van der Waals surface area contributed by atoms with Crippen LogP contribution in [0.2, 0.25) is 0 Å². The highest BCUT2D eigenvalue weighted by atomic mass is 16.1. The Bertz CT molecular complexity index is 609. The third kappa shape index (κ3) is 5.90. The molecule has 0 atom stereocenters.